The number of amides is 1. The third-order valence-corrected chi connectivity index (χ3v) is 5.45. The zero-order valence-electron chi connectivity index (χ0n) is 15.3. The highest BCUT2D eigenvalue weighted by molar-refractivity contribution is 9.10. The largest absolute Gasteiger partial charge is 0.494 e. The molecule has 1 amide bonds. The molecule has 3 aromatic rings. The fraction of sp³-hybridized carbons (Fsp3) is 0.300. The highest BCUT2D eigenvalue weighted by Gasteiger charge is 2.10. The normalized spacial score (nSPS) is 11.9. The van der Waals surface area contributed by atoms with Crippen LogP contribution in [-0.2, 0) is 11.3 Å². The zero-order chi connectivity index (χ0) is 19.2. The van der Waals surface area contributed by atoms with Crippen LogP contribution < -0.4 is 9.54 Å². The van der Waals surface area contributed by atoms with Crippen molar-refractivity contribution in [3.8, 4) is 5.75 Å². The van der Waals surface area contributed by atoms with Crippen LogP contribution in [0.4, 0.5) is 0 Å². The minimum Gasteiger partial charge on any atom is -0.494 e. The number of halogens is 1. The maximum Gasteiger partial charge on any atom is 0.279 e. The molecule has 5 nitrogen and oxygen atoms in total. The quantitative estimate of drug-likeness (QED) is 0.494. The molecule has 0 unspecified atom stereocenters. The summed E-state index contributed by atoms with van der Waals surface area (Å²) in [6.45, 7) is 6.36. The highest BCUT2D eigenvalue weighted by Crippen LogP contribution is 2.22. The molecule has 142 valence electrons. The van der Waals surface area contributed by atoms with Crippen LogP contribution in [0, 0.1) is 0 Å². The van der Waals surface area contributed by atoms with Crippen LogP contribution in [0.2, 0.25) is 0 Å². The van der Waals surface area contributed by atoms with Crippen LogP contribution in [0.15, 0.2) is 51.9 Å². The van der Waals surface area contributed by atoms with Crippen molar-refractivity contribution in [1.82, 2.24) is 4.57 Å². The van der Waals surface area contributed by atoms with Crippen LogP contribution in [0.5, 0.6) is 5.75 Å². The molecule has 1 aromatic heterocycles. The van der Waals surface area contributed by atoms with Crippen molar-refractivity contribution < 1.29 is 14.3 Å². The number of rotatable bonds is 7. The summed E-state index contributed by atoms with van der Waals surface area (Å²) in [7, 11) is 0. The van der Waals surface area contributed by atoms with E-state index in [0.29, 0.717) is 36.7 Å². The van der Waals surface area contributed by atoms with Crippen molar-refractivity contribution >= 4 is 43.4 Å². The van der Waals surface area contributed by atoms with Gasteiger partial charge in [-0.05, 0) is 56.3 Å². The molecule has 0 atom stereocenters. The van der Waals surface area contributed by atoms with Crippen molar-refractivity contribution in [3.63, 3.8) is 0 Å². The van der Waals surface area contributed by atoms with E-state index in [9.17, 15) is 4.79 Å². The number of carbonyl (C=O) groups excluding carboxylic acids is 1. The second-order valence-corrected chi connectivity index (χ2v) is 7.64. The molecule has 0 spiro atoms. The number of benzene rings is 2. The van der Waals surface area contributed by atoms with E-state index < -0.39 is 0 Å². The lowest BCUT2D eigenvalue weighted by Gasteiger charge is -2.05. The van der Waals surface area contributed by atoms with E-state index in [0.717, 1.165) is 20.4 Å². The average molecular weight is 449 g/mol. The van der Waals surface area contributed by atoms with Gasteiger partial charge in [0.1, 0.15) is 5.75 Å². The Balaban J connectivity index is 1.97. The van der Waals surface area contributed by atoms with Crippen molar-refractivity contribution in [2.75, 3.05) is 19.8 Å². The highest BCUT2D eigenvalue weighted by atomic mass is 79.9. The molecular formula is C20H21BrN2O3S. The summed E-state index contributed by atoms with van der Waals surface area (Å²) in [6.07, 6.45) is 0. The topological polar surface area (TPSA) is 52.8 Å². The number of aromatic nitrogens is 1. The Kier molecular flexibility index (Phi) is 6.82. The van der Waals surface area contributed by atoms with E-state index in [1.165, 1.54) is 11.3 Å². The molecule has 27 heavy (non-hydrogen) atoms. The minimum absolute atomic E-state index is 0.270. The van der Waals surface area contributed by atoms with Gasteiger partial charge in [0, 0.05) is 23.2 Å². The molecule has 1 heterocycles. The first-order valence-electron chi connectivity index (χ1n) is 8.81. The van der Waals surface area contributed by atoms with Crippen LogP contribution >= 0.6 is 27.3 Å². The van der Waals surface area contributed by atoms with Gasteiger partial charge < -0.3 is 14.0 Å². The molecular weight excluding hydrogens is 428 g/mol. The van der Waals surface area contributed by atoms with E-state index in [4.69, 9.17) is 9.47 Å². The van der Waals surface area contributed by atoms with Gasteiger partial charge in [0.15, 0.2) is 4.80 Å². The molecule has 0 saturated carbocycles. The third-order valence-electron chi connectivity index (χ3n) is 3.92. The summed E-state index contributed by atoms with van der Waals surface area (Å²) in [4.78, 5) is 17.7. The second-order valence-electron chi connectivity index (χ2n) is 5.72. The minimum atomic E-state index is -0.270. The third kappa shape index (κ3) is 4.86. The van der Waals surface area contributed by atoms with Crippen LogP contribution in [-0.4, -0.2) is 30.3 Å². The molecule has 0 fully saturated rings. The Morgan fingerprint density at radius 3 is 2.63 bits per heavy atom. The number of ether oxygens (including phenoxy) is 2. The maximum absolute atomic E-state index is 12.7. The van der Waals surface area contributed by atoms with Gasteiger partial charge in [-0.2, -0.15) is 4.99 Å². The first-order valence-corrected chi connectivity index (χ1v) is 10.4. The van der Waals surface area contributed by atoms with Crippen molar-refractivity contribution in [2.45, 2.75) is 20.4 Å². The predicted octanol–water partition coefficient (Wildman–Crippen LogP) is 4.64. The Morgan fingerprint density at radius 2 is 1.93 bits per heavy atom. The van der Waals surface area contributed by atoms with E-state index in [1.54, 1.807) is 24.3 Å². The number of fused-ring (bicyclic) bond motifs is 1. The summed E-state index contributed by atoms with van der Waals surface area (Å²) < 4.78 is 15.0. The van der Waals surface area contributed by atoms with Crippen molar-refractivity contribution in [3.05, 3.63) is 57.3 Å². The number of thiazole rings is 1. The smallest absolute Gasteiger partial charge is 0.279 e. The van der Waals surface area contributed by atoms with Crippen molar-refractivity contribution in [2.24, 2.45) is 4.99 Å². The fourth-order valence-electron chi connectivity index (χ4n) is 2.66. The summed E-state index contributed by atoms with van der Waals surface area (Å²) in [5.41, 5.74) is 1.58. The second kappa shape index (κ2) is 9.30. The number of hydrogen-bond donors (Lipinski definition) is 0. The number of nitrogens with zero attached hydrogens (tertiary/aromatic N) is 2. The standard InChI is InChI=1S/C20H21BrN2O3S/c1-3-25-12-11-23-17-10-7-15(21)13-18(17)27-20(23)22-19(24)14-5-8-16(9-6-14)26-4-2/h5-10,13H,3-4,11-12H2,1-2H3. The summed E-state index contributed by atoms with van der Waals surface area (Å²) >= 11 is 5.00. The molecule has 2 aromatic carbocycles. The van der Waals surface area contributed by atoms with Crippen LogP contribution in [0.3, 0.4) is 0 Å². The lowest BCUT2D eigenvalue weighted by Crippen LogP contribution is -2.19. The van der Waals surface area contributed by atoms with Gasteiger partial charge in [0.2, 0.25) is 0 Å². The molecule has 0 aliphatic carbocycles. The molecule has 7 heteroatoms. The first-order chi connectivity index (χ1) is 13.1. The van der Waals surface area contributed by atoms with Gasteiger partial charge in [-0.25, -0.2) is 0 Å². The van der Waals surface area contributed by atoms with Crippen LogP contribution in [0.1, 0.15) is 24.2 Å². The number of hydrogen-bond acceptors (Lipinski definition) is 4. The maximum atomic E-state index is 12.7. The molecule has 3 rings (SSSR count). The van der Waals surface area contributed by atoms with Gasteiger partial charge >= 0.3 is 0 Å². The Hall–Kier alpha value is -1.96. The van der Waals surface area contributed by atoms with Crippen molar-refractivity contribution in [1.29, 1.82) is 0 Å². The van der Waals surface area contributed by atoms with Gasteiger partial charge in [-0.15, -0.1) is 0 Å². The predicted molar refractivity (Wildman–Crippen MR) is 112 cm³/mol. The lowest BCUT2D eigenvalue weighted by atomic mass is 10.2. The fourth-order valence-corrected chi connectivity index (χ4v) is 4.27. The Labute approximate surface area is 170 Å². The van der Waals surface area contributed by atoms with E-state index in [2.05, 4.69) is 20.9 Å². The SMILES string of the molecule is CCOCCn1c(=NC(=O)c2ccc(OCC)cc2)sc2cc(Br)ccc21. The summed E-state index contributed by atoms with van der Waals surface area (Å²) in [5, 5.41) is 0. The van der Waals surface area contributed by atoms with Gasteiger partial charge in [-0.3, -0.25) is 4.79 Å². The molecule has 0 N–H and O–H groups in total. The lowest BCUT2D eigenvalue weighted by molar-refractivity contribution is 0.0996. The molecule has 0 aliphatic rings. The van der Waals surface area contributed by atoms with Gasteiger partial charge in [-0.1, -0.05) is 27.3 Å². The van der Waals surface area contributed by atoms with E-state index >= 15 is 0 Å². The Morgan fingerprint density at radius 1 is 1.15 bits per heavy atom. The monoisotopic (exact) mass is 448 g/mol. The first kappa shape index (κ1) is 19.8. The average Bonchev–Trinajstić information content (AvgIpc) is 2.99. The summed E-state index contributed by atoms with van der Waals surface area (Å²) in [6, 6.07) is 13.1. The summed E-state index contributed by atoms with van der Waals surface area (Å²) in [5.74, 6) is 0.473. The zero-order valence-corrected chi connectivity index (χ0v) is 17.7. The molecule has 0 bridgehead atoms. The Bertz CT molecular complexity index is 993. The van der Waals surface area contributed by atoms with E-state index in [-0.39, 0.29) is 5.91 Å². The molecule has 0 aliphatic heterocycles. The van der Waals surface area contributed by atoms with Gasteiger partial charge in [0.25, 0.3) is 5.91 Å². The molecule has 0 saturated heterocycles. The molecule has 0 radical (unpaired) electrons. The van der Waals surface area contributed by atoms with Gasteiger partial charge in [0.05, 0.1) is 23.4 Å². The number of carbonyl (C=O) groups is 1. The van der Waals surface area contributed by atoms with E-state index in [1.807, 2.05) is 36.6 Å². The van der Waals surface area contributed by atoms with Crippen LogP contribution in [0.25, 0.3) is 10.2 Å².